The molecule has 0 unspecified atom stereocenters. The summed E-state index contributed by atoms with van der Waals surface area (Å²) in [5, 5.41) is 4.97. The van der Waals surface area contributed by atoms with Gasteiger partial charge in [0.1, 0.15) is 6.33 Å². The van der Waals surface area contributed by atoms with Gasteiger partial charge in [0.25, 0.3) is 0 Å². The molecule has 0 aliphatic heterocycles. The highest BCUT2D eigenvalue weighted by molar-refractivity contribution is 14.1. The van der Waals surface area contributed by atoms with Crippen LogP contribution in [0.5, 0.6) is 0 Å². The van der Waals surface area contributed by atoms with Gasteiger partial charge in [0.2, 0.25) is 0 Å². The summed E-state index contributed by atoms with van der Waals surface area (Å²) in [6, 6.07) is 0. The molecule has 0 fully saturated rings. The van der Waals surface area contributed by atoms with E-state index in [-0.39, 0.29) is 0 Å². The molecule has 50 valence electrons. The van der Waals surface area contributed by atoms with Crippen LogP contribution < -0.4 is 0 Å². The van der Waals surface area contributed by atoms with Crippen molar-refractivity contribution in [3.05, 3.63) is 18.7 Å². The molecular weight excluding hydrogens is 243 g/mol. The van der Waals surface area contributed by atoms with Crippen LogP contribution in [0.25, 0.3) is 11.0 Å². The van der Waals surface area contributed by atoms with Crippen molar-refractivity contribution in [2.75, 3.05) is 0 Å². The summed E-state index contributed by atoms with van der Waals surface area (Å²) in [4.78, 5) is 7.88. The number of hydrogen-bond acceptors (Lipinski definition) is 3. The first-order valence-electron chi connectivity index (χ1n) is 2.68. The molecule has 0 N–H and O–H groups in total. The lowest BCUT2D eigenvalue weighted by atomic mass is 10.5. The molecule has 2 aromatic heterocycles. The molecule has 0 saturated heterocycles. The maximum absolute atomic E-state index is 4.02. The Morgan fingerprint density at radius 2 is 2.30 bits per heavy atom. The standard InChI is InChI=1S/C5H3IN4/c6-10-5-4(2-9-10)1-7-3-8-5/h1-3H. The van der Waals surface area contributed by atoms with Crippen LogP contribution in [0.1, 0.15) is 0 Å². The van der Waals surface area contributed by atoms with E-state index in [0.717, 1.165) is 11.0 Å². The minimum absolute atomic E-state index is 0.857. The van der Waals surface area contributed by atoms with E-state index in [1.54, 1.807) is 15.3 Å². The van der Waals surface area contributed by atoms with E-state index in [1.165, 1.54) is 6.33 Å². The van der Waals surface area contributed by atoms with Crippen molar-refractivity contribution in [2.45, 2.75) is 0 Å². The zero-order valence-electron chi connectivity index (χ0n) is 4.90. The highest BCUT2D eigenvalue weighted by Gasteiger charge is 1.97. The lowest BCUT2D eigenvalue weighted by molar-refractivity contribution is 1.06. The predicted molar refractivity (Wildman–Crippen MR) is 44.7 cm³/mol. The van der Waals surface area contributed by atoms with E-state index >= 15 is 0 Å². The summed E-state index contributed by atoms with van der Waals surface area (Å²) >= 11 is 2.07. The fourth-order valence-electron chi connectivity index (χ4n) is 0.747. The maximum Gasteiger partial charge on any atom is 0.171 e. The largest absolute Gasteiger partial charge is 0.244 e. The Balaban J connectivity index is 2.93. The van der Waals surface area contributed by atoms with Gasteiger partial charge in [-0.1, -0.05) is 0 Å². The summed E-state index contributed by atoms with van der Waals surface area (Å²) in [5.74, 6) is 0. The van der Waals surface area contributed by atoms with Crippen molar-refractivity contribution < 1.29 is 0 Å². The van der Waals surface area contributed by atoms with Gasteiger partial charge in [-0.15, -0.1) is 0 Å². The lowest BCUT2D eigenvalue weighted by Gasteiger charge is -1.86. The van der Waals surface area contributed by atoms with Crippen LogP contribution in [-0.4, -0.2) is 18.0 Å². The number of nitrogens with zero attached hydrogens (tertiary/aromatic N) is 4. The molecule has 4 nitrogen and oxygen atoms in total. The van der Waals surface area contributed by atoms with Crippen LogP contribution in [0.15, 0.2) is 18.7 Å². The van der Waals surface area contributed by atoms with Gasteiger partial charge < -0.3 is 0 Å². The molecule has 0 bridgehead atoms. The van der Waals surface area contributed by atoms with E-state index in [9.17, 15) is 0 Å². The number of halogens is 1. The van der Waals surface area contributed by atoms with Crippen molar-refractivity contribution in [3.8, 4) is 0 Å². The molecule has 0 atom stereocenters. The van der Waals surface area contributed by atoms with Crippen LogP contribution in [0.4, 0.5) is 0 Å². The third-order valence-electron chi connectivity index (χ3n) is 1.19. The van der Waals surface area contributed by atoms with Crippen molar-refractivity contribution in [2.24, 2.45) is 0 Å². The molecule has 0 aliphatic carbocycles. The Labute approximate surface area is 70.8 Å². The summed E-state index contributed by atoms with van der Waals surface area (Å²) < 4.78 is 1.69. The Morgan fingerprint density at radius 1 is 1.40 bits per heavy atom. The van der Waals surface area contributed by atoms with Gasteiger partial charge in [0.05, 0.1) is 34.4 Å². The SMILES string of the molecule is In1ncc2cncnc21. The summed E-state index contributed by atoms with van der Waals surface area (Å²) in [6.07, 6.45) is 4.99. The Kier molecular flexibility index (Phi) is 1.30. The number of fused-ring (bicyclic) bond motifs is 1. The molecule has 0 aliphatic rings. The molecule has 0 amide bonds. The molecule has 2 heterocycles. The first-order valence-corrected chi connectivity index (χ1v) is 3.64. The van der Waals surface area contributed by atoms with Gasteiger partial charge in [-0.05, 0) is 0 Å². The fourth-order valence-corrected chi connectivity index (χ4v) is 1.27. The molecule has 2 aromatic rings. The normalized spacial score (nSPS) is 10.5. The molecule has 2 rings (SSSR count). The van der Waals surface area contributed by atoms with Crippen LogP contribution in [0.3, 0.4) is 0 Å². The molecular formula is C5H3IN4. The predicted octanol–water partition coefficient (Wildman–Crippen LogP) is 1.02. The minimum Gasteiger partial charge on any atom is -0.244 e. The van der Waals surface area contributed by atoms with Crippen molar-refractivity contribution in [3.63, 3.8) is 0 Å². The van der Waals surface area contributed by atoms with Crippen LogP contribution >= 0.6 is 22.9 Å². The first-order chi connectivity index (χ1) is 4.88. The minimum atomic E-state index is 0.857. The average Bonchev–Trinajstić information content (AvgIpc) is 2.34. The second-order valence-corrected chi connectivity index (χ2v) is 2.72. The zero-order chi connectivity index (χ0) is 6.97. The smallest absolute Gasteiger partial charge is 0.171 e. The number of aromatic nitrogens is 4. The third-order valence-corrected chi connectivity index (χ3v) is 1.90. The van der Waals surface area contributed by atoms with Crippen LogP contribution in [-0.2, 0) is 0 Å². The highest BCUT2D eigenvalue weighted by Crippen LogP contribution is 2.09. The van der Waals surface area contributed by atoms with Gasteiger partial charge in [-0.2, -0.15) is 7.99 Å². The topological polar surface area (TPSA) is 43.6 Å². The van der Waals surface area contributed by atoms with E-state index in [1.807, 2.05) is 0 Å². The molecule has 0 saturated carbocycles. The van der Waals surface area contributed by atoms with Gasteiger partial charge in [0, 0.05) is 6.20 Å². The Bertz CT molecular complexity index is 355. The monoisotopic (exact) mass is 246 g/mol. The van der Waals surface area contributed by atoms with Gasteiger partial charge in [-0.3, -0.25) is 0 Å². The molecule has 0 radical (unpaired) electrons. The molecule has 0 aromatic carbocycles. The van der Waals surface area contributed by atoms with Crippen molar-refractivity contribution in [1.29, 1.82) is 0 Å². The maximum atomic E-state index is 4.02. The van der Waals surface area contributed by atoms with Crippen molar-refractivity contribution >= 4 is 33.9 Å². The summed E-state index contributed by atoms with van der Waals surface area (Å²) in [5.41, 5.74) is 0.857. The first kappa shape index (κ1) is 6.02. The second kappa shape index (κ2) is 2.15. The van der Waals surface area contributed by atoms with Crippen LogP contribution in [0, 0.1) is 0 Å². The van der Waals surface area contributed by atoms with Gasteiger partial charge in [-0.25, -0.2) is 9.97 Å². The fraction of sp³-hybridized carbons (Fsp3) is 0. The molecule has 10 heavy (non-hydrogen) atoms. The van der Waals surface area contributed by atoms with E-state index in [2.05, 4.69) is 37.9 Å². The van der Waals surface area contributed by atoms with E-state index in [4.69, 9.17) is 0 Å². The van der Waals surface area contributed by atoms with Gasteiger partial charge in [0.15, 0.2) is 5.65 Å². The second-order valence-electron chi connectivity index (χ2n) is 1.81. The Morgan fingerprint density at radius 3 is 3.10 bits per heavy atom. The highest BCUT2D eigenvalue weighted by atomic mass is 127. The van der Waals surface area contributed by atoms with Crippen molar-refractivity contribution in [1.82, 2.24) is 18.0 Å². The quantitative estimate of drug-likeness (QED) is 0.652. The zero-order valence-corrected chi connectivity index (χ0v) is 7.06. The van der Waals surface area contributed by atoms with Gasteiger partial charge >= 0.3 is 0 Å². The van der Waals surface area contributed by atoms with Crippen LogP contribution in [0.2, 0.25) is 0 Å². The Hall–Kier alpha value is -0.720. The molecule has 0 spiro atoms. The molecule has 5 heteroatoms. The average molecular weight is 246 g/mol. The number of rotatable bonds is 0. The summed E-state index contributed by atoms with van der Waals surface area (Å²) in [6.45, 7) is 0. The lowest BCUT2D eigenvalue weighted by Crippen LogP contribution is -1.83. The van der Waals surface area contributed by atoms with E-state index < -0.39 is 0 Å². The third kappa shape index (κ3) is 0.772. The van der Waals surface area contributed by atoms with E-state index in [0.29, 0.717) is 0 Å². The summed E-state index contributed by atoms with van der Waals surface area (Å²) in [7, 11) is 0. The number of hydrogen-bond donors (Lipinski definition) is 0.